The highest BCUT2D eigenvalue weighted by atomic mass is 16.5. The van der Waals surface area contributed by atoms with Crippen LogP contribution in [0.15, 0.2) is 30.8 Å². The van der Waals surface area contributed by atoms with Gasteiger partial charge in [-0.1, -0.05) is 6.58 Å². The number of aliphatic hydroxyl groups is 1. The first-order chi connectivity index (χ1) is 8.70. The van der Waals surface area contributed by atoms with Gasteiger partial charge in [-0.2, -0.15) is 0 Å². The molecule has 1 aliphatic rings. The molecule has 1 aliphatic heterocycles. The van der Waals surface area contributed by atoms with Gasteiger partial charge in [0, 0.05) is 12.2 Å². The van der Waals surface area contributed by atoms with Crippen molar-refractivity contribution < 1.29 is 19.3 Å². The third-order valence-corrected chi connectivity index (χ3v) is 3.01. The molecular weight excluding hydrogens is 232 g/mol. The first kappa shape index (κ1) is 12.9. The number of methoxy groups -OCH3 is 1. The topological polar surface area (TPSA) is 47.9 Å². The second kappa shape index (κ2) is 5.89. The molecule has 0 saturated carbocycles. The van der Waals surface area contributed by atoms with Gasteiger partial charge >= 0.3 is 0 Å². The fourth-order valence-electron chi connectivity index (χ4n) is 1.84. The van der Waals surface area contributed by atoms with Crippen LogP contribution in [0.5, 0.6) is 5.75 Å². The minimum absolute atomic E-state index is 0.250. The van der Waals surface area contributed by atoms with Crippen molar-refractivity contribution in [2.75, 3.05) is 20.3 Å². The minimum Gasteiger partial charge on any atom is -0.497 e. The summed E-state index contributed by atoms with van der Waals surface area (Å²) in [6.07, 6.45) is -0.0167. The Morgan fingerprint density at radius 3 is 2.72 bits per heavy atom. The van der Waals surface area contributed by atoms with Gasteiger partial charge in [0.15, 0.2) is 0 Å². The van der Waals surface area contributed by atoms with Crippen LogP contribution in [0.2, 0.25) is 0 Å². The fourth-order valence-corrected chi connectivity index (χ4v) is 1.84. The van der Waals surface area contributed by atoms with E-state index in [1.54, 1.807) is 7.11 Å². The molecule has 2 rings (SSSR count). The Morgan fingerprint density at radius 1 is 1.44 bits per heavy atom. The minimum atomic E-state index is -0.436. The molecule has 0 aromatic heterocycles. The van der Waals surface area contributed by atoms with Gasteiger partial charge in [-0.15, -0.1) is 0 Å². The van der Waals surface area contributed by atoms with Crippen molar-refractivity contribution in [3.8, 4) is 5.75 Å². The maximum Gasteiger partial charge on any atom is 0.119 e. The van der Waals surface area contributed by atoms with E-state index in [4.69, 9.17) is 14.2 Å². The standard InChI is InChI=1S/C14H18O4/c1-10(11-3-5-12(16-2)6-4-11)18-9-14-13(15)7-8-17-14/h3-6,13-15H,1,7-9H2,2H3/t13-,14?/m1/s1. The van der Waals surface area contributed by atoms with E-state index in [0.717, 1.165) is 11.3 Å². The third-order valence-electron chi connectivity index (χ3n) is 3.01. The molecule has 1 aromatic carbocycles. The molecule has 0 amide bonds. The van der Waals surface area contributed by atoms with Crippen molar-refractivity contribution in [2.45, 2.75) is 18.6 Å². The van der Waals surface area contributed by atoms with Crippen molar-refractivity contribution in [3.05, 3.63) is 36.4 Å². The van der Waals surface area contributed by atoms with Crippen LogP contribution in [0, 0.1) is 0 Å². The predicted molar refractivity (Wildman–Crippen MR) is 68.3 cm³/mol. The largest absolute Gasteiger partial charge is 0.497 e. The van der Waals surface area contributed by atoms with E-state index in [2.05, 4.69) is 6.58 Å². The highest BCUT2D eigenvalue weighted by molar-refractivity contribution is 5.58. The van der Waals surface area contributed by atoms with E-state index in [9.17, 15) is 5.11 Å². The summed E-state index contributed by atoms with van der Waals surface area (Å²) >= 11 is 0. The van der Waals surface area contributed by atoms with Crippen LogP contribution in [-0.2, 0) is 9.47 Å². The summed E-state index contributed by atoms with van der Waals surface area (Å²) in [4.78, 5) is 0. The van der Waals surface area contributed by atoms with Gasteiger partial charge in [-0.05, 0) is 30.7 Å². The first-order valence-electron chi connectivity index (χ1n) is 5.96. The molecule has 0 spiro atoms. The quantitative estimate of drug-likeness (QED) is 0.810. The molecule has 98 valence electrons. The van der Waals surface area contributed by atoms with E-state index < -0.39 is 6.10 Å². The monoisotopic (exact) mass is 250 g/mol. The molecule has 4 nitrogen and oxygen atoms in total. The third kappa shape index (κ3) is 3.03. The number of aliphatic hydroxyl groups excluding tert-OH is 1. The van der Waals surface area contributed by atoms with Gasteiger partial charge in [-0.3, -0.25) is 0 Å². The zero-order chi connectivity index (χ0) is 13.0. The van der Waals surface area contributed by atoms with Crippen molar-refractivity contribution in [1.29, 1.82) is 0 Å². The molecule has 0 aliphatic carbocycles. The van der Waals surface area contributed by atoms with Crippen LogP contribution in [-0.4, -0.2) is 37.6 Å². The molecule has 1 aromatic rings. The molecule has 1 N–H and O–H groups in total. The maximum atomic E-state index is 9.59. The highest BCUT2D eigenvalue weighted by Crippen LogP contribution is 2.20. The smallest absolute Gasteiger partial charge is 0.119 e. The van der Waals surface area contributed by atoms with Gasteiger partial charge in [0.1, 0.15) is 24.2 Å². The van der Waals surface area contributed by atoms with Gasteiger partial charge in [0.05, 0.1) is 13.2 Å². The molecule has 18 heavy (non-hydrogen) atoms. The lowest BCUT2D eigenvalue weighted by Crippen LogP contribution is -2.25. The molecule has 1 saturated heterocycles. The van der Waals surface area contributed by atoms with Crippen LogP contribution in [0.25, 0.3) is 5.76 Å². The second-order valence-corrected chi connectivity index (χ2v) is 4.23. The summed E-state index contributed by atoms with van der Waals surface area (Å²) in [6.45, 7) is 4.78. The highest BCUT2D eigenvalue weighted by Gasteiger charge is 2.26. The van der Waals surface area contributed by atoms with Crippen molar-refractivity contribution in [2.24, 2.45) is 0 Å². The molecule has 0 bridgehead atoms. The van der Waals surface area contributed by atoms with E-state index in [0.29, 0.717) is 25.4 Å². The summed E-state index contributed by atoms with van der Waals surface area (Å²) in [5.41, 5.74) is 0.892. The lowest BCUT2D eigenvalue weighted by Gasteiger charge is -2.16. The van der Waals surface area contributed by atoms with Crippen LogP contribution in [0.1, 0.15) is 12.0 Å². The zero-order valence-electron chi connectivity index (χ0n) is 10.5. The van der Waals surface area contributed by atoms with Crippen LogP contribution in [0.3, 0.4) is 0 Å². The Hall–Kier alpha value is -1.52. The van der Waals surface area contributed by atoms with Gasteiger partial charge in [-0.25, -0.2) is 0 Å². The lowest BCUT2D eigenvalue weighted by molar-refractivity contribution is 0.00413. The fraction of sp³-hybridized carbons (Fsp3) is 0.429. The number of rotatable bonds is 5. The molecule has 1 heterocycles. The summed E-state index contributed by atoms with van der Waals surface area (Å²) in [6, 6.07) is 7.47. The van der Waals surface area contributed by atoms with Gasteiger partial charge in [0.2, 0.25) is 0 Å². The average molecular weight is 250 g/mol. The Bertz CT molecular complexity index is 399. The van der Waals surface area contributed by atoms with E-state index in [1.807, 2.05) is 24.3 Å². The number of benzene rings is 1. The second-order valence-electron chi connectivity index (χ2n) is 4.23. The Kier molecular flexibility index (Phi) is 4.23. The van der Waals surface area contributed by atoms with Crippen molar-refractivity contribution in [3.63, 3.8) is 0 Å². The Labute approximate surface area is 107 Å². The summed E-state index contributed by atoms with van der Waals surface area (Å²) in [5.74, 6) is 1.36. The summed E-state index contributed by atoms with van der Waals surface area (Å²) < 4.78 is 16.0. The first-order valence-corrected chi connectivity index (χ1v) is 5.96. The number of hydrogen-bond donors (Lipinski definition) is 1. The normalized spacial score (nSPS) is 22.8. The van der Waals surface area contributed by atoms with Gasteiger partial charge in [0.25, 0.3) is 0 Å². The van der Waals surface area contributed by atoms with Crippen molar-refractivity contribution in [1.82, 2.24) is 0 Å². The molecule has 2 atom stereocenters. The van der Waals surface area contributed by atoms with E-state index in [1.165, 1.54) is 0 Å². The van der Waals surface area contributed by atoms with Crippen LogP contribution in [0.4, 0.5) is 0 Å². The molecular formula is C14H18O4. The lowest BCUT2D eigenvalue weighted by atomic mass is 10.2. The molecule has 1 unspecified atom stereocenters. The van der Waals surface area contributed by atoms with Crippen LogP contribution >= 0.6 is 0 Å². The maximum absolute atomic E-state index is 9.59. The SMILES string of the molecule is C=C(OCC1OCC[C@H]1O)c1ccc(OC)cc1. The predicted octanol–water partition coefficient (Wildman–Crippen LogP) is 1.83. The van der Waals surface area contributed by atoms with E-state index in [-0.39, 0.29) is 6.10 Å². The van der Waals surface area contributed by atoms with E-state index >= 15 is 0 Å². The molecule has 4 heteroatoms. The summed E-state index contributed by atoms with van der Waals surface area (Å²) in [7, 11) is 1.62. The number of ether oxygens (including phenoxy) is 3. The van der Waals surface area contributed by atoms with Crippen LogP contribution < -0.4 is 4.74 Å². The molecule has 1 fully saturated rings. The number of hydrogen-bond acceptors (Lipinski definition) is 4. The van der Waals surface area contributed by atoms with Crippen molar-refractivity contribution >= 4 is 5.76 Å². The summed E-state index contributed by atoms with van der Waals surface area (Å²) in [5, 5.41) is 9.59. The Morgan fingerprint density at radius 2 is 2.17 bits per heavy atom. The average Bonchev–Trinajstić information content (AvgIpc) is 2.81. The van der Waals surface area contributed by atoms with Gasteiger partial charge < -0.3 is 19.3 Å². The zero-order valence-corrected chi connectivity index (χ0v) is 10.5. The Balaban J connectivity index is 1.87. The molecule has 0 radical (unpaired) electrons.